The maximum Gasteiger partial charge on any atom is 0.263 e. The molecule has 2 aromatic rings. The van der Waals surface area contributed by atoms with Crippen molar-refractivity contribution in [1.29, 1.82) is 0 Å². The molecule has 0 spiro atoms. The molecule has 2 heterocycles. The second-order valence-electron chi connectivity index (χ2n) is 7.23. The smallest absolute Gasteiger partial charge is 0.263 e. The van der Waals surface area contributed by atoms with Crippen LogP contribution in [0.2, 0.25) is 5.02 Å². The van der Waals surface area contributed by atoms with Gasteiger partial charge in [0, 0.05) is 5.69 Å². The van der Waals surface area contributed by atoms with Gasteiger partial charge in [0.05, 0.1) is 10.7 Å². The van der Waals surface area contributed by atoms with Gasteiger partial charge in [0.25, 0.3) is 11.8 Å². The summed E-state index contributed by atoms with van der Waals surface area (Å²) in [6, 6.07) is 7.08. The number of rotatable bonds is 4. The van der Waals surface area contributed by atoms with E-state index >= 15 is 0 Å². The number of aryl methyl sites for hydroxylation is 2. The Morgan fingerprint density at radius 3 is 2.50 bits per heavy atom. The second kappa shape index (κ2) is 7.49. The SMILES string of the molecule is Cc1cc(C)cc(NC(=O)CN2N=N[C@H]3C(=O)N(c4ccc(F)c(Cl)c4)C(=O)[C@H]32)c1. The predicted molar refractivity (Wildman–Crippen MR) is 108 cm³/mol. The first-order valence-corrected chi connectivity index (χ1v) is 9.51. The Bertz CT molecular complexity index is 1090. The van der Waals surface area contributed by atoms with E-state index in [1.54, 1.807) is 0 Å². The van der Waals surface area contributed by atoms with Crippen molar-refractivity contribution in [2.45, 2.75) is 25.9 Å². The first-order chi connectivity index (χ1) is 14.2. The van der Waals surface area contributed by atoms with Crippen molar-refractivity contribution < 1.29 is 18.8 Å². The molecule has 3 amide bonds. The zero-order valence-corrected chi connectivity index (χ0v) is 16.9. The molecule has 2 aliphatic rings. The number of fused-ring (bicyclic) bond motifs is 1. The molecule has 2 aliphatic heterocycles. The fourth-order valence-corrected chi connectivity index (χ4v) is 3.80. The fourth-order valence-electron chi connectivity index (χ4n) is 3.63. The molecule has 0 bridgehead atoms. The molecule has 0 unspecified atom stereocenters. The Hall–Kier alpha value is -3.33. The van der Waals surface area contributed by atoms with Crippen molar-refractivity contribution in [3.63, 3.8) is 0 Å². The summed E-state index contributed by atoms with van der Waals surface area (Å²) in [6.45, 7) is 3.58. The van der Waals surface area contributed by atoms with Crippen LogP contribution in [-0.4, -0.2) is 41.4 Å². The van der Waals surface area contributed by atoms with Crippen LogP contribution >= 0.6 is 11.6 Å². The lowest BCUT2D eigenvalue weighted by molar-refractivity contribution is -0.123. The molecule has 30 heavy (non-hydrogen) atoms. The molecule has 0 saturated carbocycles. The lowest BCUT2D eigenvalue weighted by Gasteiger charge is -2.20. The molecule has 0 aromatic heterocycles. The van der Waals surface area contributed by atoms with Crippen LogP contribution in [-0.2, 0) is 14.4 Å². The van der Waals surface area contributed by atoms with Crippen LogP contribution in [0.1, 0.15) is 11.1 Å². The van der Waals surface area contributed by atoms with E-state index in [1.807, 2.05) is 32.0 Å². The third kappa shape index (κ3) is 3.52. The minimum Gasteiger partial charge on any atom is -0.324 e. The van der Waals surface area contributed by atoms with Gasteiger partial charge in [0.1, 0.15) is 12.4 Å². The van der Waals surface area contributed by atoms with Crippen molar-refractivity contribution in [2.24, 2.45) is 10.3 Å². The standard InChI is InChI=1S/C20H17ClFN5O3/c1-10-5-11(2)7-12(6-10)23-16(28)9-26-18-17(24-25-26)19(29)27(20(18)30)13-3-4-15(22)14(21)8-13/h3-8,17-18H,9H2,1-2H3,(H,23,28)/t17-,18+/m1/s1. The summed E-state index contributed by atoms with van der Waals surface area (Å²) in [7, 11) is 0. The van der Waals surface area contributed by atoms with E-state index in [0.29, 0.717) is 5.69 Å². The van der Waals surface area contributed by atoms with Crippen LogP contribution in [0.15, 0.2) is 46.7 Å². The monoisotopic (exact) mass is 429 g/mol. The van der Waals surface area contributed by atoms with Gasteiger partial charge in [-0.05, 0) is 55.3 Å². The number of benzene rings is 2. The maximum atomic E-state index is 13.4. The molecule has 1 fully saturated rings. The Morgan fingerprint density at radius 1 is 1.13 bits per heavy atom. The number of hydrogen-bond donors (Lipinski definition) is 1. The van der Waals surface area contributed by atoms with Crippen LogP contribution in [0.5, 0.6) is 0 Å². The van der Waals surface area contributed by atoms with Gasteiger partial charge in [-0.1, -0.05) is 22.9 Å². The van der Waals surface area contributed by atoms with Gasteiger partial charge < -0.3 is 5.32 Å². The number of nitrogens with zero attached hydrogens (tertiary/aromatic N) is 4. The van der Waals surface area contributed by atoms with Gasteiger partial charge in [-0.15, -0.1) is 0 Å². The summed E-state index contributed by atoms with van der Waals surface area (Å²) in [4.78, 5) is 39.0. The van der Waals surface area contributed by atoms with Crippen molar-refractivity contribution in [3.05, 3.63) is 58.4 Å². The Labute approximate surface area is 176 Å². The number of carbonyl (C=O) groups excluding carboxylic acids is 3. The number of hydrogen-bond acceptors (Lipinski definition) is 6. The van der Waals surface area contributed by atoms with E-state index in [1.165, 1.54) is 17.1 Å². The minimum atomic E-state index is -1.06. The molecular formula is C20H17ClFN5O3. The van der Waals surface area contributed by atoms with Gasteiger partial charge >= 0.3 is 0 Å². The molecule has 10 heteroatoms. The number of carbonyl (C=O) groups is 3. The van der Waals surface area contributed by atoms with Crippen molar-refractivity contribution in [3.8, 4) is 0 Å². The summed E-state index contributed by atoms with van der Waals surface area (Å²) >= 11 is 5.78. The number of halogens is 2. The molecule has 154 valence electrons. The molecule has 2 aromatic carbocycles. The molecule has 1 N–H and O–H groups in total. The zero-order chi connectivity index (χ0) is 21.6. The predicted octanol–water partition coefficient (Wildman–Crippen LogP) is 3.03. The van der Waals surface area contributed by atoms with E-state index in [0.717, 1.165) is 22.1 Å². The van der Waals surface area contributed by atoms with Gasteiger partial charge in [0.2, 0.25) is 5.91 Å². The Morgan fingerprint density at radius 2 is 1.83 bits per heavy atom. The third-order valence-electron chi connectivity index (χ3n) is 4.83. The van der Waals surface area contributed by atoms with E-state index in [-0.39, 0.29) is 17.3 Å². The lowest BCUT2D eigenvalue weighted by Crippen LogP contribution is -2.43. The zero-order valence-electron chi connectivity index (χ0n) is 16.1. The normalized spacial score (nSPS) is 20.1. The van der Waals surface area contributed by atoms with Crippen LogP contribution in [0, 0.1) is 19.7 Å². The summed E-state index contributed by atoms with van der Waals surface area (Å²) in [5.74, 6) is -2.27. The molecule has 4 rings (SSSR count). The molecule has 8 nitrogen and oxygen atoms in total. The Kier molecular flexibility index (Phi) is 4.98. The number of nitrogens with one attached hydrogen (secondary N) is 1. The highest BCUT2D eigenvalue weighted by Gasteiger charge is 2.55. The van der Waals surface area contributed by atoms with Crippen LogP contribution < -0.4 is 10.2 Å². The Balaban J connectivity index is 1.50. The average molecular weight is 430 g/mol. The summed E-state index contributed by atoms with van der Waals surface area (Å²) in [5.41, 5.74) is 2.76. The van der Waals surface area contributed by atoms with Crippen LogP contribution in [0.25, 0.3) is 0 Å². The molecule has 1 saturated heterocycles. The van der Waals surface area contributed by atoms with Crippen LogP contribution in [0.3, 0.4) is 0 Å². The fraction of sp³-hybridized carbons (Fsp3) is 0.250. The number of imide groups is 1. The summed E-state index contributed by atoms with van der Waals surface area (Å²) in [6.07, 6.45) is 0. The molecule has 0 radical (unpaired) electrons. The second-order valence-corrected chi connectivity index (χ2v) is 7.63. The largest absolute Gasteiger partial charge is 0.324 e. The summed E-state index contributed by atoms with van der Waals surface area (Å²) < 4.78 is 13.4. The first kappa shape index (κ1) is 20.0. The number of amides is 3. The van der Waals surface area contributed by atoms with Gasteiger partial charge in [-0.25, -0.2) is 9.29 Å². The number of anilines is 2. The minimum absolute atomic E-state index is 0.139. The molecule has 2 atom stereocenters. The average Bonchev–Trinajstić information content (AvgIpc) is 3.17. The first-order valence-electron chi connectivity index (χ1n) is 9.13. The van der Waals surface area contributed by atoms with Gasteiger partial charge in [-0.2, -0.15) is 5.11 Å². The van der Waals surface area contributed by atoms with E-state index in [9.17, 15) is 18.8 Å². The van der Waals surface area contributed by atoms with E-state index < -0.39 is 35.6 Å². The van der Waals surface area contributed by atoms with E-state index in [4.69, 9.17) is 11.6 Å². The van der Waals surface area contributed by atoms with Crippen LogP contribution in [0.4, 0.5) is 15.8 Å². The molecular weight excluding hydrogens is 413 g/mol. The topological polar surface area (TPSA) is 94.4 Å². The maximum absolute atomic E-state index is 13.4. The van der Waals surface area contributed by atoms with Crippen molar-refractivity contribution >= 4 is 40.7 Å². The van der Waals surface area contributed by atoms with Gasteiger partial charge in [0.15, 0.2) is 12.1 Å². The van der Waals surface area contributed by atoms with Gasteiger partial charge in [-0.3, -0.25) is 19.4 Å². The van der Waals surface area contributed by atoms with E-state index in [2.05, 4.69) is 15.7 Å². The van der Waals surface area contributed by atoms with Crippen molar-refractivity contribution in [1.82, 2.24) is 5.01 Å². The highest BCUT2D eigenvalue weighted by Crippen LogP contribution is 2.33. The third-order valence-corrected chi connectivity index (χ3v) is 5.12. The lowest BCUT2D eigenvalue weighted by atomic mass is 10.1. The quantitative estimate of drug-likeness (QED) is 0.756. The van der Waals surface area contributed by atoms with Crippen molar-refractivity contribution in [2.75, 3.05) is 16.8 Å². The molecule has 0 aliphatic carbocycles. The highest BCUT2D eigenvalue weighted by molar-refractivity contribution is 6.32. The summed E-state index contributed by atoms with van der Waals surface area (Å²) in [5, 5.41) is 11.4. The highest BCUT2D eigenvalue weighted by atomic mass is 35.5.